The summed E-state index contributed by atoms with van der Waals surface area (Å²) in [6.45, 7) is 15.5. The highest BCUT2D eigenvalue weighted by atomic mass is 16.7. The number of esters is 1. The van der Waals surface area contributed by atoms with E-state index in [1.807, 2.05) is 6.92 Å². The standard InChI is InChI=1S/C48H78N8O15/c1-13-26(5)37(58)28(7)23-29(8)39-27(6)19-20-48(67,71-39)47(66,14-2)46(65)52-36-38(25(3)4)70-45(64)35(31(10)57)51-40(59)32-17-15-21-49-54(32)41(60)30(9)53(11)42(61)34(24-69-12)56(68)43(62)33-18-16-22-50-55(33)44(36)63/h13,23,25,27-28,30-36,38-39,49-50,57,66-68H,14-22,24H2,1-12H3,(H,51,59)(H,52,65)/b26-13+,29-23+/t27-,28-,30+,31-,32+,33+,34-,35+,36-,38-,39-,47?,48+/m0/s1. The van der Waals surface area contributed by atoms with E-state index in [-0.39, 0.29) is 62.0 Å². The van der Waals surface area contributed by atoms with E-state index in [0.717, 1.165) is 14.9 Å². The lowest BCUT2D eigenvalue weighted by Crippen LogP contribution is -2.71. The summed E-state index contributed by atoms with van der Waals surface area (Å²) in [6, 6.07) is -9.79. The van der Waals surface area contributed by atoms with Gasteiger partial charge in [0.2, 0.25) is 11.7 Å². The number of ketones is 1. The van der Waals surface area contributed by atoms with Crippen molar-refractivity contribution in [2.75, 3.05) is 33.9 Å². The van der Waals surface area contributed by atoms with Gasteiger partial charge in [0.1, 0.15) is 30.3 Å². The molecule has 23 nitrogen and oxygen atoms in total. The summed E-state index contributed by atoms with van der Waals surface area (Å²) in [5.74, 6) is -12.0. The Kier molecular flexibility index (Phi) is 20.4. The molecule has 6 amide bonds. The zero-order valence-corrected chi connectivity index (χ0v) is 43.2. The summed E-state index contributed by atoms with van der Waals surface area (Å²) in [4.78, 5) is 115. The maximum absolute atomic E-state index is 15.3. The van der Waals surface area contributed by atoms with Gasteiger partial charge in [-0.2, -0.15) is 0 Å². The van der Waals surface area contributed by atoms with E-state index >= 15 is 4.79 Å². The highest BCUT2D eigenvalue weighted by Gasteiger charge is 2.59. The third kappa shape index (κ3) is 12.7. The molecule has 0 aliphatic carbocycles. The van der Waals surface area contributed by atoms with E-state index in [1.165, 1.54) is 48.8 Å². The molecule has 4 saturated heterocycles. The highest BCUT2D eigenvalue weighted by molar-refractivity contribution is 5.98. The second-order valence-electron chi connectivity index (χ2n) is 19.7. The molecule has 0 aromatic carbocycles. The number of aliphatic hydroxyl groups is 3. The molecule has 0 aromatic heterocycles. The molecule has 0 aromatic rings. The van der Waals surface area contributed by atoms with Crippen LogP contribution >= 0.6 is 0 Å². The van der Waals surface area contributed by atoms with Gasteiger partial charge in [0, 0.05) is 39.6 Å². The van der Waals surface area contributed by atoms with Crippen LogP contribution in [0.2, 0.25) is 0 Å². The van der Waals surface area contributed by atoms with Crippen LogP contribution in [0.5, 0.6) is 0 Å². The van der Waals surface area contributed by atoms with Crippen LogP contribution in [0.1, 0.15) is 114 Å². The Labute approximate surface area is 415 Å². The summed E-state index contributed by atoms with van der Waals surface area (Å²) in [7, 11) is 2.47. The van der Waals surface area contributed by atoms with Crippen LogP contribution in [0, 0.1) is 17.8 Å². The van der Waals surface area contributed by atoms with Gasteiger partial charge >= 0.3 is 5.97 Å². The molecule has 4 fully saturated rings. The first-order valence-electron chi connectivity index (χ1n) is 24.6. The Hall–Kier alpha value is -4.88. The predicted octanol–water partition coefficient (Wildman–Crippen LogP) is -0.248. The molecule has 71 heavy (non-hydrogen) atoms. The van der Waals surface area contributed by atoms with Crippen molar-refractivity contribution >= 4 is 47.2 Å². The average molecular weight is 1010 g/mol. The first kappa shape index (κ1) is 58.7. The van der Waals surface area contributed by atoms with Crippen molar-refractivity contribution in [1.29, 1.82) is 0 Å². The number of hydrogen-bond acceptors (Lipinski definition) is 17. The van der Waals surface area contributed by atoms with Crippen molar-refractivity contribution in [3.8, 4) is 0 Å². The van der Waals surface area contributed by atoms with E-state index in [9.17, 15) is 54.1 Å². The number of Topliss-reactive ketones (excluding diaryl/α,β-unsaturated/α-hetero) is 1. The number of hydrogen-bond donors (Lipinski definition) is 8. The number of methoxy groups -OCH3 is 1. The fourth-order valence-corrected chi connectivity index (χ4v) is 9.52. The van der Waals surface area contributed by atoms with E-state index in [2.05, 4.69) is 21.5 Å². The lowest BCUT2D eigenvalue weighted by molar-refractivity contribution is -0.325. The number of rotatable bonds is 12. The van der Waals surface area contributed by atoms with E-state index in [1.54, 1.807) is 39.8 Å². The molecule has 4 aliphatic heterocycles. The highest BCUT2D eigenvalue weighted by Crippen LogP contribution is 2.42. The second kappa shape index (κ2) is 24.7. The number of nitrogens with one attached hydrogen (secondary N) is 4. The van der Waals surface area contributed by atoms with Crippen LogP contribution < -0.4 is 21.5 Å². The fraction of sp³-hybridized carbons (Fsp3) is 0.750. The molecular formula is C48H78N8O15. The molecule has 8 N–H and O–H groups in total. The summed E-state index contributed by atoms with van der Waals surface area (Å²) >= 11 is 0. The minimum Gasteiger partial charge on any atom is -0.458 e. The van der Waals surface area contributed by atoms with Crippen LogP contribution in [-0.4, -0.2) is 188 Å². The Morgan fingerprint density at radius 2 is 1.54 bits per heavy atom. The van der Waals surface area contributed by atoms with Gasteiger partial charge in [0.05, 0.1) is 18.8 Å². The van der Waals surface area contributed by atoms with Gasteiger partial charge in [-0.05, 0) is 96.1 Å². The quantitative estimate of drug-likeness (QED) is 0.0541. The Balaban J connectivity index is 1.87. The third-order valence-electron chi connectivity index (χ3n) is 14.3. The second-order valence-corrected chi connectivity index (χ2v) is 19.7. The van der Waals surface area contributed by atoms with Gasteiger partial charge < -0.3 is 45.1 Å². The van der Waals surface area contributed by atoms with Gasteiger partial charge in [-0.15, -0.1) is 0 Å². The molecule has 13 atom stereocenters. The zero-order valence-electron chi connectivity index (χ0n) is 43.2. The number of likely N-dealkylation sites (N-methyl/N-ethyl adjacent to an activating group) is 1. The van der Waals surface area contributed by atoms with Gasteiger partial charge in [-0.25, -0.2) is 20.7 Å². The van der Waals surface area contributed by atoms with Crippen LogP contribution in [0.25, 0.3) is 0 Å². The summed E-state index contributed by atoms with van der Waals surface area (Å²) < 4.78 is 17.5. The molecule has 4 rings (SSSR count). The van der Waals surface area contributed by atoms with Crippen LogP contribution in [-0.2, 0) is 52.6 Å². The van der Waals surface area contributed by atoms with Crippen molar-refractivity contribution in [3.63, 3.8) is 0 Å². The average Bonchev–Trinajstić information content (AvgIpc) is 3.35. The minimum absolute atomic E-state index is 0.0792. The summed E-state index contributed by atoms with van der Waals surface area (Å²) in [5.41, 5.74) is 3.98. The van der Waals surface area contributed by atoms with Crippen LogP contribution in [0.15, 0.2) is 23.3 Å². The number of hydrazine groups is 2. The van der Waals surface area contributed by atoms with Gasteiger partial charge in [-0.3, -0.25) is 48.8 Å². The smallest absolute Gasteiger partial charge is 0.331 e. The molecular weight excluding hydrogens is 929 g/mol. The van der Waals surface area contributed by atoms with Crippen molar-refractivity contribution in [3.05, 3.63) is 23.3 Å². The molecule has 23 heteroatoms. The fourth-order valence-electron chi connectivity index (χ4n) is 9.52. The maximum atomic E-state index is 15.3. The molecule has 400 valence electrons. The summed E-state index contributed by atoms with van der Waals surface area (Å²) in [6.07, 6.45) is -0.710. The maximum Gasteiger partial charge on any atom is 0.331 e. The first-order chi connectivity index (χ1) is 33.2. The monoisotopic (exact) mass is 1010 g/mol. The van der Waals surface area contributed by atoms with E-state index in [4.69, 9.17) is 14.2 Å². The molecule has 4 aliphatic rings. The number of nitrogens with zero attached hydrogens (tertiary/aromatic N) is 4. The minimum atomic E-state index is -2.82. The Bertz CT molecular complexity index is 2050. The molecule has 0 bridgehead atoms. The normalized spacial score (nSPS) is 32.4. The van der Waals surface area contributed by atoms with Crippen LogP contribution in [0.4, 0.5) is 0 Å². The zero-order chi connectivity index (χ0) is 53.4. The molecule has 4 heterocycles. The largest absolute Gasteiger partial charge is 0.458 e. The third-order valence-corrected chi connectivity index (χ3v) is 14.3. The van der Waals surface area contributed by atoms with Gasteiger partial charge in [0.15, 0.2) is 23.5 Å². The van der Waals surface area contributed by atoms with E-state index < -0.39 is 132 Å². The SMILES string of the molecule is C/C=C(\C)C(=O)[C@@H](C)/C=C(\C)[C@H]1O[C@@](O)(C(O)(CC)C(=O)N[C@@H]2C(=O)N3NCCC[C@@H]3C(=O)N(O)[C@@H](COC)C(=O)N(C)[C@H](C)C(=O)N3NCCC[C@@H]3C(=O)N[C@H]([C@H](C)O)C(=O)O[C@H]2C(C)C)CC[C@@H]1C. The van der Waals surface area contributed by atoms with Crippen molar-refractivity contribution in [1.82, 2.24) is 41.5 Å². The number of carbonyl (C=O) groups excluding carboxylic acids is 8. The number of cyclic esters (lactones) is 1. The van der Waals surface area contributed by atoms with Gasteiger partial charge in [0.25, 0.3) is 29.5 Å². The molecule has 1 unspecified atom stereocenters. The Morgan fingerprint density at radius 1 is 0.944 bits per heavy atom. The predicted molar refractivity (Wildman–Crippen MR) is 253 cm³/mol. The summed E-state index contributed by atoms with van der Waals surface area (Å²) in [5, 5.41) is 54.4. The van der Waals surface area contributed by atoms with Crippen molar-refractivity contribution < 1.29 is 73.1 Å². The van der Waals surface area contributed by atoms with E-state index in [0.29, 0.717) is 17.6 Å². The lowest BCUT2D eigenvalue weighted by Gasteiger charge is -2.49. The number of allylic oxidation sites excluding steroid dienone is 3. The lowest BCUT2D eigenvalue weighted by atomic mass is 9.78. The number of carbonyl (C=O) groups is 8. The Morgan fingerprint density at radius 3 is 2.08 bits per heavy atom. The molecule has 0 spiro atoms. The number of amides is 6. The number of hydroxylamine groups is 2. The van der Waals surface area contributed by atoms with Crippen molar-refractivity contribution in [2.45, 2.75) is 180 Å². The van der Waals surface area contributed by atoms with Gasteiger partial charge in [-0.1, -0.05) is 46.8 Å². The number of ether oxygens (including phenoxy) is 3. The first-order valence-corrected chi connectivity index (χ1v) is 24.6. The molecule has 0 saturated carbocycles. The number of aliphatic hydroxyl groups excluding tert-OH is 1. The van der Waals surface area contributed by atoms with Crippen molar-refractivity contribution in [2.24, 2.45) is 17.8 Å². The molecule has 0 radical (unpaired) electrons. The van der Waals surface area contributed by atoms with Crippen LogP contribution in [0.3, 0.4) is 0 Å². The topological polar surface area (TPSA) is 306 Å². The number of fused-ring (bicyclic) bond motifs is 2.